The summed E-state index contributed by atoms with van der Waals surface area (Å²) >= 11 is 0. The number of amides is 1. The van der Waals surface area contributed by atoms with Crippen LogP contribution in [0.5, 0.6) is 0 Å². The molecule has 0 aliphatic rings. The largest absolute Gasteiger partial charge is 0.355 e. The molecule has 2 aromatic rings. The van der Waals surface area contributed by atoms with Crippen molar-refractivity contribution in [2.45, 2.75) is 18.4 Å². The van der Waals surface area contributed by atoms with E-state index in [0.29, 0.717) is 11.1 Å². The third-order valence-corrected chi connectivity index (χ3v) is 4.82. The lowest BCUT2D eigenvalue weighted by atomic mass is 10.1. The van der Waals surface area contributed by atoms with E-state index in [2.05, 4.69) is 10.0 Å². The van der Waals surface area contributed by atoms with Crippen LogP contribution in [0.25, 0.3) is 0 Å². The van der Waals surface area contributed by atoms with Crippen molar-refractivity contribution in [1.29, 1.82) is 0 Å². The van der Waals surface area contributed by atoms with Gasteiger partial charge in [0.1, 0.15) is 0 Å². The van der Waals surface area contributed by atoms with Crippen molar-refractivity contribution in [3.05, 3.63) is 65.2 Å². The molecule has 116 valence electrons. The summed E-state index contributed by atoms with van der Waals surface area (Å²) in [6.45, 7) is 1.90. The van der Waals surface area contributed by atoms with E-state index in [9.17, 15) is 13.2 Å². The Bertz CT molecular complexity index is 771. The third-order valence-electron chi connectivity index (χ3n) is 3.28. The van der Waals surface area contributed by atoms with E-state index < -0.39 is 10.0 Å². The monoisotopic (exact) mass is 318 g/mol. The predicted octanol–water partition coefficient (Wildman–Crippen LogP) is 1.83. The van der Waals surface area contributed by atoms with Crippen LogP contribution in [0.2, 0.25) is 0 Å². The summed E-state index contributed by atoms with van der Waals surface area (Å²) in [5, 5.41) is 2.48. The molecular formula is C16H18N2O3S. The molecule has 6 heteroatoms. The van der Waals surface area contributed by atoms with Gasteiger partial charge in [-0.1, -0.05) is 36.4 Å². The van der Waals surface area contributed by atoms with Gasteiger partial charge in [-0.25, -0.2) is 13.1 Å². The first-order valence-electron chi connectivity index (χ1n) is 6.80. The highest BCUT2D eigenvalue weighted by Crippen LogP contribution is 2.17. The predicted molar refractivity (Wildman–Crippen MR) is 85.0 cm³/mol. The van der Waals surface area contributed by atoms with Crippen LogP contribution >= 0.6 is 0 Å². The SMILES string of the molecule is CNC(=O)c1ccc(C)c(S(=O)(=O)NCc2ccccc2)c1. The van der Waals surface area contributed by atoms with Crippen LogP contribution in [-0.2, 0) is 16.6 Å². The number of rotatable bonds is 5. The molecule has 0 unspecified atom stereocenters. The zero-order chi connectivity index (χ0) is 16.2. The van der Waals surface area contributed by atoms with Crippen molar-refractivity contribution in [3.63, 3.8) is 0 Å². The normalized spacial score (nSPS) is 11.2. The fourth-order valence-corrected chi connectivity index (χ4v) is 3.31. The number of hydrogen-bond donors (Lipinski definition) is 2. The van der Waals surface area contributed by atoms with E-state index in [1.807, 2.05) is 30.3 Å². The molecule has 0 atom stereocenters. The maximum Gasteiger partial charge on any atom is 0.251 e. The zero-order valence-electron chi connectivity index (χ0n) is 12.5. The maximum atomic E-state index is 12.4. The van der Waals surface area contributed by atoms with Crippen LogP contribution in [0.15, 0.2) is 53.4 Å². The molecule has 2 aromatic carbocycles. The van der Waals surface area contributed by atoms with E-state index in [1.54, 1.807) is 19.1 Å². The molecule has 0 radical (unpaired) electrons. The number of hydrogen-bond acceptors (Lipinski definition) is 3. The third kappa shape index (κ3) is 3.72. The van der Waals surface area contributed by atoms with E-state index in [-0.39, 0.29) is 17.3 Å². The number of carbonyl (C=O) groups excluding carboxylic acids is 1. The van der Waals surface area contributed by atoms with Gasteiger partial charge in [-0.05, 0) is 30.2 Å². The minimum atomic E-state index is -3.68. The van der Waals surface area contributed by atoms with Gasteiger partial charge in [-0.3, -0.25) is 4.79 Å². The van der Waals surface area contributed by atoms with Crippen molar-refractivity contribution >= 4 is 15.9 Å². The fourth-order valence-electron chi connectivity index (χ4n) is 2.03. The fraction of sp³-hybridized carbons (Fsp3) is 0.188. The van der Waals surface area contributed by atoms with Crippen LogP contribution in [0, 0.1) is 6.92 Å². The lowest BCUT2D eigenvalue weighted by Crippen LogP contribution is -2.25. The summed E-state index contributed by atoms with van der Waals surface area (Å²) < 4.78 is 27.5. The molecule has 2 rings (SSSR count). The first-order chi connectivity index (χ1) is 10.4. The highest BCUT2D eigenvalue weighted by Gasteiger charge is 2.18. The summed E-state index contributed by atoms with van der Waals surface area (Å²) in [6.07, 6.45) is 0. The molecule has 0 heterocycles. The van der Waals surface area contributed by atoms with Crippen molar-refractivity contribution in [3.8, 4) is 0 Å². The second kappa shape index (κ2) is 6.72. The number of nitrogens with one attached hydrogen (secondary N) is 2. The summed E-state index contributed by atoms with van der Waals surface area (Å²) in [5.41, 5.74) is 1.77. The van der Waals surface area contributed by atoms with Gasteiger partial charge in [0.15, 0.2) is 0 Å². The van der Waals surface area contributed by atoms with E-state index in [4.69, 9.17) is 0 Å². The highest BCUT2D eigenvalue weighted by atomic mass is 32.2. The lowest BCUT2D eigenvalue weighted by molar-refractivity contribution is 0.0963. The summed E-state index contributed by atoms with van der Waals surface area (Å²) in [5.74, 6) is -0.320. The van der Waals surface area contributed by atoms with Crippen molar-refractivity contribution in [2.75, 3.05) is 7.05 Å². The summed E-state index contributed by atoms with van der Waals surface area (Å²) in [7, 11) is -2.18. The molecule has 0 saturated heterocycles. The molecule has 22 heavy (non-hydrogen) atoms. The molecule has 0 fully saturated rings. The molecule has 0 aliphatic carbocycles. The van der Waals surface area contributed by atoms with Crippen LogP contribution in [0.4, 0.5) is 0 Å². The standard InChI is InChI=1S/C16H18N2O3S/c1-12-8-9-14(16(19)17-2)10-15(12)22(20,21)18-11-13-6-4-3-5-7-13/h3-10,18H,11H2,1-2H3,(H,17,19). The van der Waals surface area contributed by atoms with Crippen molar-refractivity contribution < 1.29 is 13.2 Å². The summed E-state index contributed by atoms with van der Waals surface area (Å²) in [6, 6.07) is 13.9. The second-order valence-electron chi connectivity index (χ2n) is 4.87. The lowest BCUT2D eigenvalue weighted by Gasteiger charge is -2.11. The molecule has 0 bridgehead atoms. The topological polar surface area (TPSA) is 75.3 Å². The molecule has 0 aliphatic heterocycles. The smallest absolute Gasteiger partial charge is 0.251 e. The van der Waals surface area contributed by atoms with Gasteiger partial charge in [-0.15, -0.1) is 0 Å². The molecule has 1 amide bonds. The Balaban J connectivity index is 2.27. The van der Waals surface area contributed by atoms with E-state index >= 15 is 0 Å². The Morgan fingerprint density at radius 3 is 2.41 bits per heavy atom. The van der Waals surface area contributed by atoms with Crippen LogP contribution in [-0.4, -0.2) is 21.4 Å². The quantitative estimate of drug-likeness (QED) is 0.883. The van der Waals surface area contributed by atoms with Crippen molar-refractivity contribution in [2.24, 2.45) is 0 Å². The van der Waals surface area contributed by atoms with E-state index in [1.165, 1.54) is 13.1 Å². The summed E-state index contributed by atoms with van der Waals surface area (Å²) in [4.78, 5) is 11.8. The highest BCUT2D eigenvalue weighted by molar-refractivity contribution is 7.89. The van der Waals surface area contributed by atoms with Gasteiger partial charge in [-0.2, -0.15) is 0 Å². The minimum absolute atomic E-state index is 0.115. The number of benzene rings is 2. The van der Waals surface area contributed by atoms with Gasteiger partial charge >= 0.3 is 0 Å². The average Bonchev–Trinajstić information content (AvgIpc) is 2.53. The van der Waals surface area contributed by atoms with Crippen molar-refractivity contribution in [1.82, 2.24) is 10.0 Å². The second-order valence-corrected chi connectivity index (χ2v) is 6.60. The van der Waals surface area contributed by atoms with Gasteiger partial charge in [0, 0.05) is 19.2 Å². The Morgan fingerprint density at radius 2 is 1.77 bits per heavy atom. The zero-order valence-corrected chi connectivity index (χ0v) is 13.3. The minimum Gasteiger partial charge on any atom is -0.355 e. The van der Waals surface area contributed by atoms with Crippen LogP contribution < -0.4 is 10.0 Å². The number of carbonyl (C=O) groups is 1. The number of aryl methyl sites for hydroxylation is 1. The molecular weight excluding hydrogens is 300 g/mol. The van der Waals surface area contributed by atoms with Crippen LogP contribution in [0.1, 0.15) is 21.5 Å². The maximum absolute atomic E-state index is 12.4. The molecule has 2 N–H and O–H groups in total. The Labute approximate surface area is 130 Å². The van der Waals surface area contributed by atoms with Gasteiger partial charge in [0.2, 0.25) is 10.0 Å². The Kier molecular flexibility index (Phi) is 4.95. The molecule has 0 spiro atoms. The first kappa shape index (κ1) is 16.2. The first-order valence-corrected chi connectivity index (χ1v) is 8.28. The average molecular weight is 318 g/mol. The van der Waals surface area contributed by atoms with E-state index in [0.717, 1.165) is 5.56 Å². The number of sulfonamides is 1. The van der Waals surface area contributed by atoms with Gasteiger partial charge in [0.25, 0.3) is 5.91 Å². The van der Waals surface area contributed by atoms with Gasteiger partial charge < -0.3 is 5.32 Å². The Hall–Kier alpha value is -2.18. The van der Waals surface area contributed by atoms with Crippen LogP contribution in [0.3, 0.4) is 0 Å². The molecule has 0 saturated carbocycles. The Morgan fingerprint density at radius 1 is 1.09 bits per heavy atom. The van der Waals surface area contributed by atoms with Gasteiger partial charge in [0.05, 0.1) is 4.90 Å². The molecule has 0 aromatic heterocycles. The molecule has 5 nitrogen and oxygen atoms in total.